The Morgan fingerprint density at radius 2 is 1.58 bits per heavy atom. The molecule has 0 spiro atoms. The fourth-order valence-corrected chi connectivity index (χ4v) is 10.6. The fourth-order valence-electron chi connectivity index (χ4n) is 6.33. The van der Waals surface area contributed by atoms with E-state index in [0.717, 1.165) is 6.42 Å². The second-order valence-electron chi connectivity index (χ2n) is 11.6. The molecule has 0 saturated heterocycles. The van der Waals surface area contributed by atoms with Crippen LogP contribution in [0.25, 0.3) is 5.57 Å². The van der Waals surface area contributed by atoms with E-state index < -0.39 is 8.07 Å². The maximum absolute atomic E-state index is 2.63. The van der Waals surface area contributed by atoms with Crippen LogP contribution in [0, 0.1) is 5.41 Å². The summed E-state index contributed by atoms with van der Waals surface area (Å²) in [4.78, 5) is 0. The lowest BCUT2D eigenvalue weighted by Crippen LogP contribution is -2.39. The van der Waals surface area contributed by atoms with Crippen molar-refractivity contribution in [3.8, 4) is 0 Å². The third-order valence-electron chi connectivity index (χ3n) is 7.82. The van der Waals surface area contributed by atoms with Crippen molar-refractivity contribution >= 4 is 13.6 Å². The van der Waals surface area contributed by atoms with Gasteiger partial charge in [0.25, 0.3) is 0 Å². The SMILES string of the molecule is CC1=CC(C(C)(C)C)=C([Si](C)(C)C2C3=C(c4ccccc42)C(c2ccccc2)C=CC=C3)C1. The highest BCUT2D eigenvalue weighted by Gasteiger charge is 2.47. The van der Waals surface area contributed by atoms with Crippen molar-refractivity contribution in [1.82, 2.24) is 0 Å². The van der Waals surface area contributed by atoms with Gasteiger partial charge in [-0.2, -0.15) is 0 Å². The van der Waals surface area contributed by atoms with Gasteiger partial charge in [-0.3, -0.25) is 0 Å². The third kappa shape index (κ3) is 3.67. The van der Waals surface area contributed by atoms with E-state index in [1.165, 1.54) is 22.3 Å². The predicted octanol–water partition coefficient (Wildman–Crippen LogP) is 8.93. The van der Waals surface area contributed by atoms with Crippen LogP contribution in [0.2, 0.25) is 13.1 Å². The Balaban J connectivity index is 1.73. The van der Waals surface area contributed by atoms with Crippen molar-refractivity contribution in [2.75, 3.05) is 0 Å². The van der Waals surface area contributed by atoms with E-state index in [0.29, 0.717) is 11.5 Å². The molecule has 2 aromatic rings. The highest BCUT2D eigenvalue weighted by atomic mass is 28.3. The van der Waals surface area contributed by atoms with Crippen LogP contribution in [0.15, 0.2) is 107 Å². The molecule has 0 N–H and O–H groups in total. The number of hydrogen-bond donors (Lipinski definition) is 0. The van der Waals surface area contributed by atoms with Gasteiger partial charge in [0, 0.05) is 11.5 Å². The molecule has 0 saturated carbocycles. The van der Waals surface area contributed by atoms with Crippen molar-refractivity contribution < 1.29 is 0 Å². The van der Waals surface area contributed by atoms with E-state index >= 15 is 0 Å². The summed E-state index contributed by atoms with van der Waals surface area (Å²) in [7, 11) is -1.87. The van der Waals surface area contributed by atoms with Crippen molar-refractivity contribution in [3.63, 3.8) is 0 Å². The zero-order chi connectivity index (χ0) is 23.4. The quantitative estimate of drug-likeness (QED) is 0.411. The van der Waals surface area contributed by atoms with Gasteiger partial charge in [0.15, 0.2) is 0 Å². The second-order valence-corrected chi connectivity index (χ2v) is 16.2. The molecule has 1 heteroatoms. The van der Waals surface area contributed by atoms with Crippen molar-refractivity contribution in [2.24, 2.45) is 5.41 Å². The summed E-state index contributed by atoms with van der Waals surface area (Å²) in [6.45, 7) is 14.7. The molecule has 0 bridgehead atoms. The normalized spacial score (nSPS) is 22.4. The molecule has 0 aliphatic heterocycles. The molecule has 3 aliphatic carbocycles. The van der Waals surface area contributed by atoms with Gasteiger partial charge in [0.2, 0.25) is 0 Å². The van der Waals surface area contributed by atoms with E-state index in [-0.39, 0.29) is 5.41 Å². The molecule has 3 aliphatic rings. The van der Waals surface area contributed by atoms with Crippen LogP contribution in [0.5, 0.6) is 0 Å². The van der Waals surface area contributed by atoms with Gasteiger partial charge in [-0.1, -0.05) is 130 Å². The summed E-state index contributed by atoms with van der Waals surface area (Å²) < 4.78 is 0. The molecule has 0 radical (unpaired) electrons. The molecular formula is C32H36Si. The average molecular weight is 449 g/mol. The van der Waals surface area contributed by atoms with E-state index in [1.807, 2.05) is 0 Å². The molecule has 2 unspecified atom stereocenters. The van der Waals surface area contributed by atoms with Crippen LogP contribution in [0.4, 0.5) is 0 Å². The first-order valence-corrected chi connectivity index (χ1v) is 15.4. The number of benzene rings is 2. The van der Waals surface area contributed by atoms with Crippen LogP contribution in [-0.2, 0) is 0 Å². The van der Waals surface area contributed by atoms with Gasteiger partial charge >= 0.3 is 0 Å². The van der Waals surface area contributed by atoms with E-state index in [1.54, 1.807) is 21.9 Å². The van der Waals surface area contributed by atoms with Crippen molar-refractivity contribution in [2.45, 2.75) is 58.7 Å². The van der Waals surface area contributed by atoms with Crippen LogP contribution >= 0.6 is 0 Å². The Morgan fingerprint density at radius 1 is 0.879 bits per heavy atom. The molecule has 33 heavy (non-hydrogen) atoms. The zero-order valence-corrected chi connectivity index (χ0v) is 21.9. The predicted molar refractivity (Wildman–Crippen MR) is 146 cm³/mol. The minimum Gasteiger partial charge on any atom is -0.0726 e. The van der Waals surface area contributed by atoms with Crippen LogP contribution in [0.3, 0.4) is 0 Å². The molecule has 2 aromatic carbocycles. The zero-order valence-electron chi connectivity index (χ0n) is 20.9. The van der Waals surface area contributed by atoms with Gasteiger partial charge in [0.05, 0.1) is 8.07 Å². The first-order valence-electron chi connectivity index (χ1n) is 12.3. The minimum absolute atomic E-state index is 0.181. The highest BCUT2D eigenvalue weighted by Crippen LogP contribution is 2.56. The molecule has 168 valence electrons. The molecule has 2 atom stereocenters. The van der Waals surface area contributed by atoms with Crippen molar-refractivity contribution in [3.05, 3.63) is 124 Å². The smallest absolute Gasteiger partial charge is 0.0726 e. The molecule has 0 nitrogen and oxygen atoms in total. The Bertz CT molecular complexity index is 1240. The maximum Gasteiger partial charge on any atom is 0.0884 e. The Labute approximate surface area is 201 Å². The maximum atomic E-state index is 2.63. The van der Waals surface area contributed by atoms with E-state index in [2.05, 4.69) is 126 Å². The Kier molecular flexibility index (Phi) is 5.37. The lowest BCUT2D eigenvalue weighted by atomic mass is 9.86. The van der Waals surface area contributed by atoms with Crippen LogP contribution in [0.1, 0.15) is 62.3 Å². The lowest BCUT2D eigenvalue weighted by Gasteiger charge is -2.37. The fraction of sp³-hybridized carbons (Fsp3) is 0.312. The summed E-state index contributed by atoms with van der Waals surface area (Å²) in [5.41, 5.74) is 11.2. The van der Waals surface area contributed by atoms with Crippen LogP contribution < -0.4 is 0 Å². The first-order chi connectivity index (χ1) is 15.7. The minimum atomic E-state index is -1.87. The summed E-state index contributed by atoms with van der Waals surface area (Å²) in [6.07, 6.45) is 13.0. The molecule has 0 aromatic heterocycles. The lowest BCUT2D eigenvalue weighted by molar-refractivity contribution is 0.515. The summed E-state index contributed by atoms with van der Waals surface area (Å²) >= 11 is 0. The van der Waals surface area contributed by atoms with Gasteiger partial charge in [-0.25, -0.2) is 0 Å². The van der Waals surface area contributed by atoms with Gasteiger partial charge in [-0.05, 0) is 52.2 Å². The van der Waals surface area contributed by atoms with E-state index in [4.69, 9.17) is 0 Å². The van der Waals surface area contributed by atoms with Crippen LogP contribution in [-0.4, -0.2) is 8.07 Å². The topological polar surface area (TPSA) is 0 Å². The molecular weight excluding hydrogens is 412 g/mol. The van der Waals surface area contributed by atoms with E-state index in [9.17, 15) is 0 Å². The molecule has 5 rings (SSSR count). The number of fused-ring (bicyclic) bond motifs is 2. The second kappa shape index (κ2) is 7.99. The summed E-state index contributed by atoms with van der Waals surface area (Å²) in [5, 5.41) is 1.75. The number of allylic oxidation sites excluding steroid dienone is 10. The standard InChI is InChI=1S/C32H36Si/c1-22-20-28(32(2,3)4)29(21-22)33(5,6)31-26-18-12-11-17-25(26)30-24(16-10-13-19-27(30)31)23-14-8-7-9-15-23/h7-20,24,31H,21H2,1-6H3. The first kappa shape index (κ1) is 22.2. The van der Waals surface area contributed by atoms with Gasteiger partial charge in [-0.15, -0.1) is 0 Å². The van der Waals surface area contributed by atoms with Crippen molar-refractivity contribution in [1.29, 1.82) is 0 Å². The molecule has 0 fully saturated rings. The van der Waals surface area contributed by atoms with Gasteiger partial charge < -0.3 is 0 Å². The average Bonchev–Trinajstić information content (AvgIpc) is 3.26. The number of hydrogen-bond acceptors (Lipinski definition) is 0. The Morgan fingerprint density at radius 3 is 2.30 bits per heavy atom. The third-order valence-corrected chi connectivity index (χ3v) is 11.9. The number of rotatable bonds is 3. The highest BCUT2D eigenvalue weighted by molar-refractivity contribution is 6.86. The summed E-state index contributed by atoms with van der Waals surface area (Å²) in [6, 6.07) is 20.3. The monoisotopic (exact) mass is 448 g/mol. The largest absolute Gasteiger partial charge is 0.0884 e. The van der Waals surface area contributed by atoms with Gasteiger partial charge in [0.1, 0.15) is 0 Å². The molecule has 0 amide bonds. The summed E-state index contributed by atoms with van der Waals surface area (Å²) in [5.74, 6) is 0.298. The Hall–Kier alpha value is -2.64. The molecule has 0 heterocycles.